The van der Waals surface area contributed by atoms with Gasteiger partial charge in [-0.25, -0.2) is 13.5 Å². The van der Waals surface area contributed by atoms with Gasteiger partial charge in [-0.2, -0.15) is 5.10 Å². The minimum absolute atomic E-state index is 0.0192. The van der Waals surface area contributed by atoms with E-state index in [4.69, 9.17) is 0 Å². The molecule has 9 heteroatoms. The maximum Gasteiger partial charge on any atom is 0.233 e. The molecular weight excluding hydrogens is 446 g/mol. The summed E-state index contributed by atoms with van der Waals surface area (Å²) in [4.78, 5) is 17.7. The fraction of sp³-hybridized carbons (Fsp3) is 0.167. The van der Waals surface area contributed by atoms with Gasteiger partial charge in [0, 0.05) is 30.6 Å². The molecule has 2 aromatic heterocycles. The van der Waals surface area contributed by atoms with Crippen molar-refractivity contribution in [3.63, 3.8) is 0 Å². The van der Waals surface area contributed by atoms with Gasteiger partial charge in [0.2, 0.25) is 5.91 Å². The van der Waals surface area contributed by atoms with E-state index in [0.29, 0.717) is 24.4 Å². The lowest BCUT2D eigenvalue weighted by Gasteiger charge is -2.24. The Balaban J connectivity index is 1.50. The number of amides is 1. The van der Waals surface area contributed by atoms with Crippen molar-refractivity contribution in [3.05, 3.63) is 89.8 Å². The maximum absolute atomic E-state index is 13.8. The van der Waals surface area contributed by atoms with Crippen molar-refractivity contribution < 1.29 is 18.7 Å². The Morgan fingerprint density at radius 2 is 1.88 bits per heavy atom. The molecule has 4 aromatic rings. The summed E-state index contributed by atoms with van der Waals surface area (Å²) in [6.45, 7) is 0.491. The topological polar surface area (TPSA) is 74.2 Å². The number of aromatic nitrogens is 3. The van der Waals surface area contributed by atoms with E-state index < -0.39 is 11.6 Å². The van der Waals surface area contributed by atoms with Crippen molar-refractivity contribution >= 4 is 17.7 Å². The predicted octanol–water partition coefficient (Wildman–Crippen LogP) is 4.67. The number of nitrogens with one attached hydrogen (secondary N) is 1. The summed E-state index contributed by atoms with van der Waals surface area (Å²) in [6, 6.07) is 13.9. The minimum atomic E-state index is -0.690. The second-order valence-electron chi connectivity index (χ2n) is 7.76. The zero-order valence-corrected chi connectivity index (χ0v) is 18.2. The first-order valence-electron chi connectivity index (χ1n) is 10.4. The van der Waals surface area contributed by atoms with Gasteiger partial charge in [0.15, 0.2) is 0 Å². The molecule has 0 unspecified atom stereocenters. The Labute approximate surface area is 192 Å². The summed E-state index contributed by atoms with van der Waals surface area (Å²) >= 11 is 1.50. The van der Waals surface area contributed by atoms with Crippen LogP contribution in [0.4, 0.5) is 8.78 Å². The van der Waals surface area contributed by atoms with E-state index in [-0.39, 0.29) is 22.7 Å². The lowest BCUT2D eigenvalue weighted by Crippen LogP contribution is -2.30. The smallest absolute Gasteiger partial charge is 0.233 e. The quantitative estimate of drug-likeness (QED) is 0.433. The summed E-state index contributed by atoms with van der Waals surface area (Å²) < 4.78 is 29.1. The van der Waals surface area contributed by atoms with Gasteiger partial charge in [0.05, 0.1) is 17.1 Å². The third-order valence-electron chi connectivity index (χ3n) is 5.52. The van der Waals surface area contributed by atoms with E-state index >= 15 is 0 Å². The van der Waals surface area contributed by atoms with Crippen LogP contribution in [0.15, 0.2) is 67.0 Å². The van der Waals surface area contributed by atoms with Gasteiger partial charge in [-0.1, -0.05) is 12.1 Å². The lowest BCUT2D eigenvalue weighted by atomic mass is 10.1. The highest BCUT2D eigenvalue weighted by molar-refractivity contribution is 8.00. The zero-order valence-electron chi connectivity index (χ0n) is 17.4. The monoisotopic (exact) mass is 466 g/mol. The van der Waals surface area contributed by atoms with Gasteiger partial charge in [-0.05, 0) is 48.4 Å². The van der Waals surface area contributed by atoms with Gasteiger partial charge in [0.1, 0.15) is 28.5 Å². The van der Waals surface area contributed by atoms with Crippen LogP contribution in [0.5, 0.6) is 5.75 Å². The van der Waals surface area contributed by atoms with E-state index in [2.05, 4.69) is 10.1 Å². The van der Waals surface area contributed by atoms with E-state index in [1.54, 1.807) is 29.4 Å². The number of thioether (sulfide) groups is 1. The highest BCUT2D eigenvalue weighted by Gasteiger charge is 2.35. The number of H-pyrrole nitrogens is 1. The SMILES string of the molecule is O=C1CS[C@H](c2cn(-c3cc(F)cc(F)c3)nc2-c2ccc[nH]2)N1CCc1ccc(O)cc1. The van der Waals surface area contributed by atoms with Crippen molar-refractivity contribution in [2.45, 2.75) is 11.8 Å². The second kappa shape index (κ2) is 8.74. The Morgan fingerprint density at radius 1 is 1.12 bits per heavy atom. The first kappa shape index (κ1) is 21.3. The summed E-state index contributed by atoms with van der Waals surface area (Å²) in [5, 5.41) is 13.8. The summed E-state index contributed by atoms with van der Waals surface area (Å²) in [5.74, 6) is -0.828. The minimum Gasteiger partial charge on any atom is -0.508 e. The molecule has 0 spiro atoms. The molecule has 33 heavy (non-hydrogen) atoms. The fourth-order valence-electron chi connectivity index (χ4n) is 3.92. The number of nitrogens with zero attached hydrogens (tertiary/aromatic N) is 3. The van der Waals surface area contributed by atoms with Crippen LogP contribution in [0.3, 0.4) is 0 Å². The summed E-state index contributed by atoms with van der Waals surface area (Å²) in [6.07, 6.45) is 4.13. The molecule has 3 heterocycles. The average molecular weight is 467 g/mol. The van der Waals surface area contributed by atoms with Crippen LogP contribution in [0.2, 0.25) is 0 Å². The fourth-order valence-corrected chi connectivity index (χ4v) is 5.15. The first-order chi connectivity index (χ1) is 16.0. The predicted molar refractivity (Wildman–Crippen MR) is 122 cm³/mol. The van der Waals surface area contributed by atoms with Gasteiger partial charge in [-0.3, -0.25) is 4.79 Å². The van der Waals surface area contributed by atoms with Crippen LogP contribution in [0.1, 0.15) is 16.5 Å². The number of aromatic amines is 1. The zero-order chi connectivity index (χ0) is 22.9. The normalized spacial score (nSPS) is 16.0. The van der Waals surface area contributed by atoms with Crippen LogP contribution >= 0.6 is 11.8 Å². The molecule has 2 aromatic carbocycles. The Bertz CT molecular complexity index is 1270. The molecule has 0 radical (unpaired) electrons. The van der Waals surface area contributed by atoms with Crippen molar-refractivity contribution in [2.24, 2.45) is 0 Å². The van der Waals surface area contributed by atoms with Crippen LogP contribution < -0.4 is 0 Å². The number of hydrogen-bond donors (Lipinski definition) is 2. The average Bonchev–Trinajstić information content (AvgIpc) is 3.52. The first-order valence-corrected chi connectivity index (χ1v) is 11.4. The number of benzene rings is 2. The largest absolute Gasteiger partial charge is 0.508 e. The molecule has 0 bridgehead atoms. The number of aromatic hydroxyl groups is 1. The standard InChI is InChI=1S/C24H20F2N4O2S/c25-16-10-17(26)12-18(11-16)30-13-20(23(28-30)21-2-1-8-27-21)24-29(22(32)14-33-24)9-7-15-3-5-19(31)6-4-15/h1-6,8,10-13,24,27,31H,7,9,14H2/t24-/m1/s1. The van der Waals surface area contributed by atoms with Crippen molar-refractivity contribution in [1.82, 2.24) is 19.7 Å². The number of hydrogen-bond acceptors (Lipinski definition) is 4. The summed E-state index contributed by atoms with van der Waals surface area (Å²) in [7, 11) is 0. The Morgan fingerprint density at radius 3 is 2.58 bits per heavy atom. The number of phenols is 1. The highest BCUT2D eigenvalue weighted by atomic mass is 32.2. The molecule has 1 aliphatic rings. The number of rotatable bonds is 6. The Hall–Kier alpha value is -3.59. The van der Waals surface area contributed by atoms with Crippen LogP contribution in [-0.2, 0) is 11.2 Å². The van der Waals surface area contributed by atoms with Gasteiger partial charge in [0.25, 0.3) is 0 Å². The molecule has 1 fully saturated rings. The number of halogens is 2. The van der Waals surface area contributed by atoms with Gasteiger partial charge in [-0.15, -0.1) is 11.8 Å². The summed E-state index contributed by atoms with van der Waals surface area (Å²) in [5.41, 5.74) is 3.41. The molecule has 1 aliphatic heterocycles. The molecule has 0 saturated carbocycles. The van der Waals surface area contributed by atoms with Crippen molar-refractivity contribution in [3.8, 4) is 22.8 Å². The van der Waals surface area contributed by atoms with E-state index in [1.165, 1.54) is 28.6 Å². The number of phenolic OH excluding ortho intramolecular Hbond substituents is 1. The van der Waals surface area contributed by atoms with E-state index in [9.17, 15) is 18.7 Å². The van der Waals surface area contributed by atoms with E-state index in [0.717, 1.165) is 22.9 Å². The molecule has 1 saturated heterocycles. The van der Waals surface area contributed by atoms with Crippen LogP contribution in [0.25, 0.3) is 17.1 Å². The number of carbonyl (C=O) groups is 1. The van der Waals surface area contributed by atoms with Crippen LogP contribution in [0, 0.1) is 11.6 Å². The second-order valence-corrected chi connectivity index (χ2v) is 8.82. The molecule has 1 amide bonds. The molecule has 5 rings (SSSR count). The molecule has 1 atom stereocenters. The Kier molecular flexibility index (Phi) is 5.63. The van der Waals surface area contributed by atoms with Gasteiger partial charge >= 0.3 is 0 Å². The molecule has 2 N–H and O–H groups in total. The van der Waals surface area contributed by atoms with Crippen LogP contribution in [-0.4, -0.2) is 43.0 Å². The third-order valence-corrected chi connectivity index (χ3v) is 6.76. The third kappa shape index (κ3) is 4.36. The van der Waals surface area contributed by atoms with Gasteiger partial charge < -0.3 is 15.0 Å². The molecule has 6 nitrogen and oxygen atoms in total. The van der Waals surface area contributed by atoms with Crippen molar-refractivity contribution in [1.29, 1.82) is 0 Å². The maximum atomic E-state index is 13.8. The van der Waals surface area contributed by atoms with Crippen molar-refractivity contribution in [2.75, 3.05) is 12.3 Å². The molecular formula is C24H20F2N4O2S. The number of carbonyl (C=O) groups excluding carboxylic acids is 1. The highest BCUT2D eigenvalue weighted by Crippen LogP contribution is 2.42. The molecule has 0 aliphatic carbocycles. The molecule has 168 valence electrons. The van der Waals surface area contributed by atoms with E-state index in [1.807, 2.05) is 24.3 Å². The lowest BCUT2D eigenvalue weighted by molar-refractivity contribution is -0.128.